The first-order valence-corrected chi connectivity index (χ1v) is 12.3. The number of hydrogen-bond acceptors (Lipinski definition) is 3. The number of ketones is 1. The maximum absolute atomic E-state index is 14.3. The molecule has 1 fully saturated rings. The molecule has 0 bridgehead atoms. The van der Waals surface area contributed by atoms with Crippen LogP contribution in [0.2, 0.25) is 15.1 Å². The first-order valence-electron chi connectivity index (χ1n) is 10.4. The van der Waals surface area contributed by atoms with E-state index in [1.54, 1.807) is 18.2 Å². The maximum atomic E-state index is 14.3. The third-order valence-corrected chi connectivity index (χ3v) is 7.39. The highest BCUT2D eigenvalue weighted by atomic mass is 35.5. The van der Waals surface area contributed by atoms with Crippen molar-refractivity contribution in [3.05, 3.63) is 92.2 Å². The fraction of sp³-hybridized carbons (Fsp3) is 0.160. The Morgan fingerprint density at radius 1 is 0.889 bits per heavy atom. The fourth-order valence-corrected chi connectivity index (χ4v) is 5.42. The van der Waals surface area contributed by atoms with Crippen molar-refractivity contribution in [2.24, 2.45) is 5.92 Å². The SMILES string of the molecule is CC(=O)c1ccc(NC(=O)c2cc(NC(=O)C3C(c4cc(Cl)cc(Cl)c4)C3(Cl)Cl)ccc2Cl)c(F)c1. The van der Waals surface area contributed by atoms with Crippen LogP contribution >= 0.6 is 58.0 Å². The predicted molar refractivity (Wildman–Crippen MR) is 142 cm³/mol. The monoisotopic (exact) mass is 586 g/mol. The van der Waals surface area contributed by atoms with E-state index in [-0.39, 0.29) is 33.3 Å². The Balaban J connectivity index is 1.51. The van der Waals surface area contributed by atoms with Crippen LogP contribution in [0.4, 0.5) is 15.8 Å². The summed E-state index contributed by atoms with van der Waals surface area (Å²) in [4.78, 5) is 37.2. The number of halogens is 6. The minimum absolute atomic E-state index is 0.0125. The minimum atomic E-state index is -1.38. The summed E-state index contributed by atoms with van der Waals surface area (Å²) in [5.41, 5.74) is 0.890. The summed E-state index contributed by atoms with van der Waals surface area (Å²) in [5.74, 6) is -3.65. The fourth-order valence-electron chi connectivity index (χ4n) is 3.84. The normalized spacial score (nSPS) is 17.9. The summed E-state index contributed by atoms with van der Waals surface area (Å²) in [6.45, 7) is 1.30. The Morgan fingerprint density at radius 3 is 2.17 bits per heavy atom. The lowest BCUT2D eigenvalue weighted by Gasteiger charge is -2.11. The van der Waals surface area contributed by atoms with Crippen molar-refractivity contribution in [2.45, 2.75) is 17.2 Å². The van der Waals surface area contributed by atoms with Crippen molar-refractivity contribution in [1.29, 1.82) is 0 Å². The van der Waals surface area contributed by atoms with Gasteiger partial charge in [0, 0.05) is 27.2 Å². The number of hydrogen-bond donors (Lipinski definition) is 2. The second-order valence-corrected chi connectivity index (χ2v) is 10.9. The van der Waals surface area contributed by atoms with E-state index in [2.05, 4.69) is 10.6 Å². The molecular weight excluding hydrogens is 573 g/mol. The lowest BCUT2D eigenvalue weighted by atomic mass is 10.1. The number of alkyl halides is 2. The highest BCUT2D eigenvalue weighted by molar-refractivity contribution is 6.53. The predicted octanol–water partition coefficient (Wildman–Crippen LogP) is 7.77. The van der Waals surface area contributed by atoms with Crippen molar-refractivity contribution in [3.8, 4) is 0 Å². The van der Waals surface area contributed by atoms with Crippen molar-refractivity contribution in [1.82, 2.24) is 0 Å². The van der Waals surface area contributed by atoms with Crippen molar-refractivity contribution in [3.63, 3.8) is 0 Å². The number of benzene rings is 3. The molecule has 11 heteroatoms. The highest BCUT2D eigenvalue weighted by Crippen LogP contribution is 2.65. The molecule has 0 heterocycles. The standard InChI is InChI=1S/C25H16Cl5FN2O3/c1-11(34)12-2-5-20(19(31)8-12)33-23(35)17-10-16(3-4-18(17)28)32-24(36)22-21(25(22,29)30)13-6-14(26)9-15(27)7-13/h2-10,21-22H,1H3,(H,32,36)(H,33,35). The first-order chi connectivity index (χ1) is 16.9. The second-order valence-electron chi connectivity index (χ2n) is 8.22. The number of rotatable bonds is 6. The van der Waals surface area contributed by atoms with Crippen LogP contribution < -0.4 is 10.6 Å². The molecule has 2 unspecified atom stereocenters. The van der Waals surface area contributed by atoms with Gasteiger partial charge in [-0.3, -0.25) is 14.4 Å². The van der Waals surface area contributed by atoms with Crippen LogP contribution in [-0.2, 0) is 4.79 Å². The summed E-state index contributed by atoms with van der Waals surface area (Å²) in [6, 6.07) is 12.8. The molecule has 0 aliphatic heterocycles. The molecule has 186 valence electrons. The molecule has 3 aromatic rings. The number of anilines is 2. The van der Waals surface area contributed by atoms with Crippen molar-refractivity contribution < 1.29 is 18.8 Å². The largest absolute Gasteiger partial charge is 0.326 e. The zero-order valence-corrected chi connectivity index (χ0v) is 22.1. The minimum Gasteiger partial charge on any atom is -0.326 e. The molecule has 2 N–H and O–H groups in total. The molecule has 1 saturated carbocycles. The van der Waals surface area contributed by atoms with E-state index in [9.17, 15) is 18.8 Å². The van der Waals surface area contributed by atoms with E-state index < -0.39 is 33.8 Å². The topological polar surface area (TPSA) is 75.3 Å². The van der Waals surface area contributed by atoms with Gasteiger partial charge in [-0.2, -0.15) is 0 Å². The molecule has 1 aliphatic carbocycles. The number of carbonyl (C=O) groups is 3. The summed E-state index contributed by atoms with van der Waals surface area (Å²) in [6.07, 6.45) is 0. The van der Waals surface area contributed by atoms with Crippen LogP contribution in [0, 0.1) is 11.7 Å². The molecule has 36 heavy (non-hydrogen) atoms. The van der Waals surface area contributed by atoms with E-state index in [4.69, 9.17) is 58.0 Å². The van der Waals surface area contributed by atoms with Gasteiger partial charge < -0.3 is 10.6 Å². The first kappa shape index (κ1) is 26.7. The molecule has 0 radical (unpaired) electrons. The zero-order chi connectivity index (χ0) is 26.4. The smallest absolute Gasteiger partial charge is 0.257 e. The van der Waals surface area contributed by atoms with E-state index in [1.165, 1.54) is 37.3 Å². The molecule has 5 nitrogen and oxygen atoms in total. The van der Waals surface area contributed by atoms with E-state index in [0.29, 0.717) is 15.6 Å². The van der Waals surface area contributed by atoms with Gasteiger partial charge in [0.15, 0.2) is 5.78 Å². The van der Waals surface area contributed by atoms with Gasteiger partial charge in [-0.15, -0.1) is 23.2 Å². The second kappa shape index (κ2) is 10.2. The summed E-state index contributed by atoms with van der Waals surface area (Å²) in [7, 11) is 0. The Hall–Kier alpha value is -2.35. The molecule has 2 amide bonds. The van der Waals surface area contributed by atoms with Crippen LogP contribution in [0.5, 0.6) is 0 Å². The van der Waals surface area contributed by atoms with Gasteiger partial charge in [-0.25, -0.2) is 4.39 Å². The molecule has 1 aliphatic rings. The Labute approximate surface area is 230 Å². The lowest BCUT2D eigenvalue weighted by molar-refractivity contribution is -0.117. The summed E-state index contributed by atoms with van der Waals surface area (Å²) in [5, 5.41) is 5.94. The molecule has 0 aromatic heterocycles. The Bertz CT molecular complexity index is 1390. The summed E-state index contributed by atoms with van der Waals surface area (Å²) >= 11 is 31.1. The molecular formula is C25H16Cl5FN2O3. The average molecular weight is 589 g/mol. The van der Waals surface area contributed by atoms with Gasteiger partial charge in [0.1, 0.15) is 10.2 Å². The molecule has 0 saturated heterocycles. The number of carbonyl (C=O) groups excluding carboxylic acids is 3. The Kier molecular flexibility index (Phi) is 7.56. The molecule has 2 atom stereocenters. The Morgan fingerprint density at radius 2 is 1.56 bits per heavy atom. The average Bonchev–Trinajstić information content (AvgIpc) is 3.37. The number of amides is 2. The number of Topliss-reactive ketones (excluding diaryl/α,β-unsaturated/α-hetero) is 1. The molecule has 3 aromatic carbocycles. The maximum Gasteiger partial charge on any atom is 0.257 e. The van der Waals surface area contributed by atoms with E-state index in [0.717, 1.165) is 6.07 Å². The molecule has 0 spiro atoms. The van der Waals surface area contributed by atoms with Crippen LogP contribution in [0.25, 0.3) is 0 Å². The van der Waals surface area contributed by atoms with Crippen molar-refractivity contribution in [2.75, 3.05) is 10.6 Å². The quantitative estimate of drug-likeness (QED) is 0.228. The van der Waals surface area contributed by atoms with Crippen LogP contribution in [-0.4, -0.2) is 21.9 Å². The van der Waals surface area contributed by atoms with Crippen LogP contribution in [0.1, 0.15) is 39.1 Å². The van der Waals surface area contributed by atoms with Gasteiger partial charge in [-0.05, 0) is 67.1 Å². The zero-order valence-electron chi connectivity index (χ0n) is 18.3. The van der Waals surface area contributed by atoms with Gasteiger partial charge in [0.05, 0.1) is 22.2 Å². The third-order valence-electron chi connectivity index (χ3n) is 5.68. The van der Waals surface area contributed by atoms with Crippen LogP contribution in [0.15, 0.2) is 54.6 Å². The van der Waals surface area contributed by atoms with Crippen LogP contribution in [0.3, 0.4) is 0 Å². The van der Waals surface area contributed by atoms with Gasteiger partial charge >= 0.3 is 0 Å². The van der Waals surface area contributed by atoms with E-state index >= 15 is 0 Å². The van der Waals surface area contributed by atoms with Gasteiger partial charge in [0.2, 0.25) is 5.91 Å². The summed E-state index contributed by atoms with van der Waals surface area (Å²) < 4.78 is 13.0. The van der Waals surface area contributed by atoms with Crippen molar-refractivity contribution >= 4 is 87.0 Å². The van der Waals surface area contributed by atoms with E-state index in [1.807, 2.05) is 0 Å². The van der Waals surface area contributed by atoms with Gasteiger partial charge in [0.25, 0.3) is 5.91 Å². The highest BCUT2D eigenvalue weighted by Gasteiger charge is 2.67. The number of nitrogens with one attached hydrogen (secondary N) is 2. The molecule has 4 rings (SSSR count). The third kappa shape index (κ3) is 5.48. The lowest BCUT2D eigenvalue weighted by Crippen LogP contribution is -2.18. The van der Waals surface area contributed by atoms with Gasteiger partial charge in [-0.1, -0.05) is 34.8 Å².